The predicted molar refractivity (Wildman–Crippen MR) is 78.1 cm³/mol. The Kier molecular flexibility index (Phi) is 5.20. The number of hydrogen-bond donors (Lipinski definition) is 2. The van der Waals surface area contributed by atoms with Crippen molar-refractivity contribution in [2.24, 2.45) is 0 Å². The van der Waals surface area contributed by atoms with Gasteiger partial charge in [-0.3, -0.25) is 0 Å². The summed E-state index contributed by atoms with van der Waals surface area (Å²) < 4.78 is 1.95. The fourth-order valence-electron chi connectivity index (χ4n) is 1.59. The molecule has 0 aliphatic carbocycles. The molecule has 2 heterocycles. The van der Waals surface area contributed by atoms with Gasteiger partial charge in [0.05, 0.1) is 6.33 Å². The molecule has 0 saturated heterocycles. The maximum atomic E-state index is 11.6. The lowest BCUT2D eigenvalue weighted by Gasteiger charge is -2.08. The van der Waals surface area contributed by atoms with Crippen molar-refractivity contribution in [2.45, 2.75) is 13.0 Å². The van der Waals surface area contributed by atoms with Crippen molar-refractivity contribution in [3.63, 3.8) is 0 Å². The van der Waals surface area contributed by atoms with Gasteiger partial charge < -0.3 is 15.2 Å². The molecule has 2 amide bonds. The summed E-state index contributed by atoms with van der Waals surface area (Å²) in [7, 11) is 0. The Bertz CT molecular complexity index is 553. The van der Waals surface area contributed by atoms with Crippen molar-refractivity contribution in [3.05, 3.63) is 41.2 Å². The topological polar surface area (TPSA) is 71.8 Å². The van der Waals surface area contributed by atoms with Crippen LogP contribution in [0.2, 0.25) is 10.3 Å². The number of hydrogen-bond acceptors (Lipinski definition) is 3. The number of aromatic nitrogens is 3. The molecule has 0 fully saturated rings. The van der Waals surface area contributed by atoms with Crippen molar-refractivity contribution in [3.8, 4) is 0 Å². The molecule has 0 aliphatic heterocycles. The van der Waals surface area contributed by atoms with E-state index in [1.54, 1.807) is 12.5 Å². The van der Waals surface area contributed by atoms with Gasteiger partial charge >= 0.3 is 6.03 Å². The third-order valence-electron chi connectivity index (χ3n) is 2.46. The molecule has 0 atom stereocenters. The van der Waals surface area contributed by atoms with Crippen LogP contribution in [0.25, 0.3) is 0 Å². The first-order valence-electron chi connectivity index (χ1n) is 5.97. The molecule has 6 nitrogen and oxygen atoms in total. The third-order valence-corrected chi connectivity index (χ3v) is 2.85. The largest absolute Gasteiger partial charge is 0.338 e. The van der Waals surface area contributed by atoms with E-state index >= 15 is 0 Å². The van der Waals surface area contributed by atoms with Crippen molar-refractivity contribution in [1.29, 1.82) is 0 Å². The zero-order chi connectivity index (χ0) is 14.4. The van der Waals surface area contributed by atoms with Gasteiger partial charge in [0.25, 0.3) is 0 Å². The SMILES string of the molecule is O=C(NCCCn1ccnc1)Nc1cc(Cl)nc(Cl)c1. The molecule has 2 aromatic heterocycles. The fourth-order valence-corrected chi connectivity index (χ4v) is 2.06. The van der Waals surface area contributed by atoms with Crippen molar-refractivity contribution < 1.29 is 4.79 Å². The van der Waals surface area contributed by atoms with Crippen LogP contribution >= 0.6 is 23.2 Å². The van der Waals surface area contributed by atoms with Crippen molar-refractivity contribution in [2.75, 3.05) is 11.9 Å². The average molecular weight is 314 g/mol. The average Bonchev–Trinajstić information content (AvgIpc) is 2.86. The summed E-state index contributed by atoms with van der Waals surface area (Å²) >= 11 is 11.5. The number of nitrogens with one attached hydrogen (secondary N) is 2. The Morgan fingerprint density at radius 2 is 2.05 bits per heavy atom. The molecule has 2 rings (SSSR count). The zero-order valence-electron chi connectivity index (χ0n) is 10.5. The van der Waals surface area contributed by atoms with Crippen molar-refractivity contribution >= 4 is 34.9 Å². The Morgan fingerprint density at radius 1 is 1.30 bits per heavy atom. The highest BCUT2D eigenvalue weighted by atomic mass is 35.5. The molecule has 0 aromatic carbocycles. The molecule has 0 saturated carbocycles. The molecule has 106 valence electrons. The van der Waals surface area contributed by atoms with Gasteiger partial charge in [-0.1, -0.05) is 23.2 Å². The lowest BCUT2D eigenvalue weighted by atomic mass is 10.4. The first-order chi connectivity index (χ1) is 9.63. The van der Waals surface area contributed by atoms with Gasteiger partial charge in [0.2, 0.25) is 0 Å². The van der Waals surface area contributed by atoms with Crippen molar-refractivity contribution in [1.82, 2.24) is 19.9 Å². The lowest BCUT2D eigenvalue weighted by molar-refractivity contribution is 0.252. The number of carbonyl (C=O) groups excluding carboxylic acids is 1. The first kappa shape index (κ1) is 14.6. The van der Waals surface area contributed by atoms with E-state index in [9.17, 15) is 4.79 Å². The maximum absolute atomic E-state index is 11.6. The highest BCUT2D eigenvalue weighted by Gasteiger charge is 2.04. The number of amides is 2. The second-order valence-corrected chi connectivity index (χ2v) is 4.81. The molecular formula is C12H13Cl2N5O. The van der Waals surface area contributed by atoms with E-state index < -0.39 is 0 Å². The number of nitrogens with zero attached hydrogens (tertiary/aromatic N) is 3. The highest BCUT2D eigenvalue weighted by Crippen LogP contribution is 2.18. The van der Waals surface area contributed by atoms with E-state index in [2.05, 4.69) is 20.6 Å². The summed E-state index contributed by atoms with van der Waals surface area (Å²) in [6, 6.07) is 2.74. The molecule has 0 unspecified atom stereocenters. The van der Waals surface area contributed by atoms with Gasteiger partial charge in [0.15, 0.2) is 0 Å². The summed E-state index contributed by atoms with van der Waals surface area (Å²) in [5.41, 5.74) is 0.502. The quantitative estimate of drug-likeness (QED) is 0.658. The van der Waals surface area contributed by atoms with Gasteiger partial charge in [-0.05, 0) is 18.6 Å². The number of urea groups is 1. The number of pyridine rings is 1. The summed E-state index contributed by atoms with van der Waals surface area (Å²) in [4.78, 5) is 19.4. The van der Waals surface area contributed by atoms with E-state index in [0.29, 0.717) is 12.2 Å². The Labute approximate surface area is 126 Å². The van der Waals surface area contributed by atoms with Gasteiger partial charge in [-0.15, -0.1) is 0 Å². The number of imidazole rings is 1. The minimum Gasteiger partial charge on any atom is -0.338 e. The summed E-state index contributed by atoms with van der Waals surface area (Å²) in [5.74, 6) is 0. The molecule has 0 radical (unpaired) electrons. The van der Waals surface area contributed by atoms with Crippen LogP contribution in [0.3, 0.4) is 0 Å². The minimum atomic E-state index is -0.311. The molecule has 0 bridgehead atoms. The highest BCUT2D eigenvalue weighted by molar-refractivity contribution is 6.32. The van der Waals surface area contributed by atoms with Gasteiger partial charge in [0, 0.05) is 31.2 Å². The molecule has 2 aromatic rings. The fraction of sp³-hybridized carbons (Fsp3) is 0.250. The van der Waals surface area contributed by atoms with E-state index in [1.807, 2.05) is 10.8 Å². The van der Waals surface area contributed by atoms with Crippen LogP contribution in [-0.4, -0.2) is 27.1 Å². The molecule has 8 heteroatoms. The third kappa shape index (κ3) is 4.71. The summed E-state index contributed by atoms with van der Waals surface area (Å²) in [6.45, 7) is 1.35. The Hall–Kier alpha value is -1.79. The molecule has 0 spiro atoms. The van der Waals surface area contributed by atoms with Crippen LogP contribution in [0.5, 0.6) is 0 Å². The number of carbonyl (C=O) groups is 1. The van der Waals surface area contributed by atoms with Gasteiger partial charge in [0.1, 0.15) is 10.3 Å². The van der Waals surface area contributed by atoms with Crippen LogP contribution in [-0.2, 0) is 6.54 Å². The lowest BCUT2D eigenvalue weighted by Crippen LogP contribution is -2.30. The normalized spacial score (nSPS) is 10.3. The standard InChI is InChI=1S/C12H13Cl2N5O/c13-10-6-9(7-11(14)18-10)17-12(20)16-2-1-4-19-5-3-15-8-19/h3,5-8H,1-2,4H2,(H2,16,17,18,20). The Balaban J connectivity index is 1.72. The van der Waals surface area contributed by atoms with Gasteiger partial charge in [-0.25, -0.2) is 14.8 Å². The number of rotatable bonds is 5. The predicted octanol–water partition coefficient (Wildman–Crippen LogP) is 2.80. The zero-order valence-corrected chi connectivity index (χ0v) is 12.0. The number of halogens is 2. The van der Waals surface area contributed by atoms with E-state index in [1.165, 1.54) is 12.1 Å². The summed E-state index contributed by atoms with van der Waals surface area (Å²) in [5, 5.41) is 5.84. The summed E-state index contributed by atoms with van der Waals surface area (Å²) in [6.07, 6.45) is 6.14. The van der Waals surface area contributed by atoms with E-state index in [0.717, 1.165) is 13.0 Å². The number of aryl methyl sites for hydroxylation is 1. The second-order valence-electron chi connectivity index (χ2n) is 4.04. The molecule has 20 heavy (non-hydrogen) atoms. The van der Waals surface area contributed by atoms with Crippen LogP contribution in [0.4, 0.5) is 10.5 Å². The van der Waals surface area contributed by atoms with Gasteiger partial charge in [-0.2, -0.15) is 0 Å². The minimum absolute atomic E-state index is 0.230. The van der Waals surface area contributed by atoms with Crippen LogP contribution in [0, 0.1) is 0 Å². The Morgan fingerprint density at radius 3 is 2.70 bits per heavy atom. The van der Waals surface area contributed by atoms with Crippen LogP contribution < -0.4 is 10.6 Å². The van der Waals surface area contributed by atoms with E-state index in [4.69, 9.17) is 23.2 Å². The monoisotopic (exact) mass is 313 g/mol. The van der Waals surface area contributed by atoms with Crippen LogP contribution in [0.15, 0.2) is 30.9 Å². The smallest absolute Gasteiger partial charge is 0.319 e. The molecule has 2 N–H and O–H groups in total. The van der Waals surface area contributed by atoms with Crippen LogP contribution in [0.1, 0.15) is 6.42 Å². The van der Waals surface area contributed by atoms with E-state index in [-0.39, 0.29) is 16.3 Å². The first-order valence-corrected chi connectivity index (χ1v) is 6.73. The maximum Gasteiger partial charge on any atom is 0.319 e. The molecular weight excluding hydrogens is 301 g/mol. The molecule has 0 aliphatic rings. The number of anilines is 1. The second kappa shape index (κ2) is 7.12.